The highest BCUT2D eigenvalue weighted by atomic mass is 32.2. The van der Waals surface area contributed by atoms with Crippen LogP contribution >= 0.6 is 0 Å². The SMILES string of the molecule is CCCC(CC)NS(=O)(=O)c1ccc(OCCCN)cc1. The molecule has 0 aliphatic rings. The Labute approximate surface area is 127 Å². The molecule has 21 heavy (non-hydrogen) atoms. The number of benzene rings is 1. The molecule has 0 fully saturated rings. The van der Waals surface area contributed by atoms with Gasteiger partial charge in [0.2, 0.25) is 10.0 Å². The summed E-state index contributed by atoms with van der Waals surface area (Å²) in [7, 11) is -3.46. The van der Waals surface area contributed by atoms with Crippen molar-refractivity contribution in [1.82, 2.24) is 4.72 Å². The normalized spacial score (nSPS) is 13.1. The van der Waals surface area contributed by atoms with Crippen LogP contribution in [-0.4, -0.2) is 27.6 Å². The zero-order valence-electron chi connectivity index (χ0n) is 12.8. The minimum Gasteiger partial charge on any atom is -0.494 e. The molecule has 1 unspecified atom stereocenters. The predicted octanol–water partition coefficient (Wildman–Crippen LogP) is 2.27. The van der Waals surface area contributed by atoms with Crippen molar-refractivity contribution >= 4 is 10.0 Å². The second kappa shape index (κ2) is 9.02. The third kappa shape index (κ3) is 6.03. The summed E-state index contributed by atoms with van der Waals surface area (Å²) in [5.74, 6) is 0.656. The van der Waals surface area contributed by atoms with E-state index < -0.39 is 10.0 Å². The third-order valence-corrected chi connectivity index (χ3v) is 4.74. The maximum Gasteiger partial charge on any atom is 0.240 e. The second-order valence-corrected chi connectivity index (χ2v) is 6.69. The Kier molecular flexibility index (Phi) is 7.71. The highest BCUT2D eigenvalue weighted by Gasteiger charge is 2.18. The molecular weight excluding hydrogens is 288 g/mol. The van der Waals surface area contributed by atoms with Crippen LogP contribution in [0, 0.1) is 0 Å². The van der Waals surface area contributed by atoms with Crippen LogP contribution in [0.2, 0.25) is 0 Å². The van der Waals surface area contributed by atoms with Gasteiger partial charge in [0.1, 0.15) is 5.75 Å². The summed E-state index contributed by atoms with van der Waals surface area (Å²) in [5, 5.41) is 0. The zero-order valence-corrected chi connectivity index (χ0v) is 13.7. The van der Waals surface area contributed by atoms with E-state index in [1.54, 1.807) is 24.3 Å². The van der Waals surface area contributed by atoms with E-state index in [1.165, 1.54) is 0 Å². The summed E-state index contributed by atoms with van der Waals surface area (Å²) in [5.41, 5.74) is 5.39. The molecule has 0 heterocycles. The molecule has 0 bridgehead atoms. The summed E-state index contributed by atoms with van der Waals surface area (Å²) in [6.45, 7) is 5.14. The maximum absolute atomic E-state index is 12.3. The minimum absolute atomic E-state index is 0.0134. The molecule has 1 aromatic rings. The van der Waals surface area contributed by atoms with Gasteiger partial charge < -0.3 is 10.5 Å². The summed E-state index contributed by atoms with van der Waals surface area (Å²) < 4.78 is 32.8. The Morgan fingerprint density at radius 2 is 1.90 bits per heavy atom. The number of ether oxygens (including phenoxy) is 1. The molecule has 0 aliphatic heterocycles. The first-order valence-corrected chi connectivity index (χ1v) is 8.97. The number of sulfonamides is 1. The van der Waals surface area contributed by atoms with Crippen LogP contribution in [-0.2, 0) is 10.0 Å². The van der Waals surface area contributed by atoms with E-state index in [-0.39, 0.29) is 10.9 Å². The van der Waals surface area contributed by atoms with E-state index >= 15 is 0 Å². The number of hydrogen-bond donors (Lipinski definition) is 2. The van der Waals surface area contributed by atoms with Gasteiger partial charge in [0.25, 0.3) is 0 Å². The van der Waals surface area contributed by atoms with Gasteiger partial charge in [-0.3, -0.25) is 0 Å². The molecule has 6 heteroatoms. The zero-order chi connectivity index (χ0) is 15.7. The number of nitrogens with one attached hydrogen (secondary N) is 1. The fourth-order valence-corrected chi connectivity index (χ4v) is 3.32. The van der Waals surface area contributed by atoms with Crippen molar-refractivity contribution in [3.8, 4) is 5.75 Å². The molecule has 0 saturated carbocycles. The topological polar surface area (TPSA) is 81.4 Å². The molecule has 0 saturated heterocycles. The monoisotopic (exact) mass is 314 g/mol. The van der Waals surface area contributed by atoms with E-state index in [9.17, 15) is 8.42 Å². The molecule has 0 spiro atoms. The molecule has 1 rings (SSSR count). The van der Waals surface area contributed by atoms with Gasteiger partial charge >= 0.3 is 0 Å². The van der Waals surface area contributed by atoms with Crippen LogP contribution in [0.1, 0.15) is 39.5 Å². The van der Waals surface area contributed by atoms with Crippen LogP contribution in [0.15, 0.2) is 29.2 Å². The fourth-order valence-electron chi connectivity index (χ4n) is 1.97. The second-order valence-electron chi connectivity index (χ2n) is 4.98. The predicted molar refractivity (Wildman–Crippen MR) is 84.9 cm³/mol. The van der Waals surface area contributed by atoms with Gasteiger partial charge in [0.05, 0.1) is 11.5 Å². The van der Waals surface area contributed by atoms with Gasteiger partial charge in [0.15, 0.2) is 0 Å². The summed E-state index contributed by atoms with van der Waals surface area (Å²) >= 11 is 0. The molecule has 1 atom stereocenters. The molecule has 0 radical (unpaired) electrons. The van der Waals surface area contributed by atoms with Gasteiger partial charge in [-0.25, -0.2) is 13.1 Å². The largest absolute Gasteiger partial charge is 0.494 e. The first-order chi connectivity index (χ1) is 10.0. The van der Waals surface area contributed by atoms with Gasteiger partial charge in [0, 0.05) is 6.04 Å². The smallest absolute Gasteiger partial charge is 0.240 e. The summed E-state index contributed by atoms with van der Waals surface area (Å²) in [6.07, 6.45) is 3.36. The van der Waals surface area contributed by atoms with E-state index in [0.717, 1.165) is 25.7 Å². The van der Waals surface area contributed by atoms with Crippen LogP contribution in [0.5, 0.6) is 5.75 Å². The molecule has 120 valence electrons. The highest BCUT2D eigenvalue weighted by molar-refractivity contribution is 7.89. The average molecular weight is 314 g/mol. The quantitative estimate of drug-likeness (QED) is 0.649. The van der Waals surface area contributed by atoms with Crippen molar-refractivity contribution in [3.05, 3.63) is 24.3 Å². The Balaban J connectivity index is 2.70. The molecule has 5 nitrogen and oxygen atoms in total. The third-order valence-electron chi connectivity index (χ3n) is 3.20. The first-order valence-electron chi connectivity index (χ1n) is 7.48. The Morgan fingerprint density at radius 1 is 1.24 bits per heavy atom. The van der Waals surface area contributed by atoms with Crippen molar-refractivity contribution in [3.63, 3.8) is 0 Å². The standard InChI is InChI=1S/C15H26N2O3S/c1-3-6-13(4-2)17-21(18,19)15-9-7-14(8-10-15)20-12-5-11-16/h7-10,13,17H,3-6,11-12,16H2,1-2H3. The fraction of sp³-hybridized carbons (Fsp3) is 0.600. The Bertz CT molecular complexity index is 500. The van der Waals surface area contributed by atoms with E-state index in [4.69, 9.17) is 10.5 Å². The van der Waals surface area contributed by atoms with Crippen molar-refractivity contribution < 1.29 is 13.2 Å². The summed E-state index contributed by atoms with van der Waals surface area (Å²) in [4.78, 5) is 0.267. The number of rotatable bonds is 10. The van der Waals surface area contributed by atoms with E-state index in [0.29, 0.717) is 18.9 Å². The van der Waals surface area contributed by atoms with Gasteiger partial charge in [-0.1, -0.05) is 20.3 Å². The molecule has 0 aliphatic carbocycles. The lowest BCUT2D eigenvalue weighted by molar-refractivity contribution is 0.313. The van der Waals surface area contributed by atoms with Crippen molar-refractivity contribution in [2.24, 2.45) is 5.73 Å². The molecule has 3 N–H and O–H groups in total. The van der Waals surface area contributed by atoms with Crippen molar-refractivity contribution in [2.45, 2.75) is 50.5 Å². The van der Waals surface area contributed by atoms with Gasteiger partial charge in [-0.15, -0.1) is 0 Å². The maximum atomic E-state index is 12.3. The van der Waals surface area contributed by atoms with Crippen LogP contribution in [0.25, 0.3) is 0 Å². The number of hydrogen-bond acceptors (Lipinski definition) is 4. The Hall–Kier alpha value is -1.11. The first kappa shape index (κ1) is 17.9. The van der Waals surface area contributed by atoms with Crippen LogP contribution < -0.4 is 15.2 Å². The number of nitrogens with two attached hydrogens (primary N) is 1. The van der Waals surface area contributed by atoms with Gasteiger partial charge in [-0.2, -0.15) is 0 Å². The summed E-state index contributed by atoms with van der Waals surface area (Å²) in [6, 6.07) is 6.47. The lowest BCUT2D eigenvalue weighted by atomic mass is 10.1. The highest BCUT2D eigenvalue weighted by Crippen LogP contribution is 2.17. The van der Waals surface area contributed by atoms with Crippen LogP contribution in [0.3, 0.4) is 0 Å². The lowest BCUT2D eigenvalue weighted by Crippen LogP contribution is -2.34. The average Bonchev–Trinajstić information content (AvgIpc) is 2.47. The lowest BCUT2D eigenvalue weighted by Gasteiger charge is -2.16. The van der Waals surface area contributed by atoms with E-state index in [2.05, 4.69) is 4.72 Å². The molecule has 1 aromatic carbocycles. The van der Waals surface area contributed by atoms with Crippen LogP contribution in [0.4, 0.5) is 0 Å². The Morgan fingerprint density at radius 3 is 2.43 bits per heavy atom. The van der Waals surface area contributed by atoms with Gasteiger partial charge in [-0.05, 0) is 50.1 Å². The molecule has 0 aromatic heterocycles. The molecule has 0 amide bonds. The van der Waals surface area contributed by atoms with E-state index in [1.807, 2.05) is 13.8 Å². The van der Waals surface area contributed by atoms with Crippen molar-refractivity contribution in [2.75, 3.05) is 13.2 Å². The van der Waals surface area contributed by atoms with Crippen molar-refractivity contribution in [1.29, 1.82) is 0 Å². The molecular formula is C15H26N2O3S. The minimum atomic E-state index is -3.46.